The molecule has 0 aromatic heterocycles. The predicted molar refractivity (Wildman–Crippen MR) is 87.9 cm³/mol. The van der Waals surface area contributed by atoms with E-state index < -0.39 is 0 Å². The van der Waals surface area contributed by atoms with Crippen LogP contribution in [0.3, 0.4) is 0 Å². The molecule has 21 heavy (non-hydrogen) atoms. The van der Waals surface area contributed by atoms with Crippen molar-refractivity contribution in [3.8, 4) is 0 Å². The molecule has 2 amide bonds. The largest absolute Gasteiger partial charge is 0.368 e. The van der Waals surface area contributed by atoms with Crippen LogP contribution in [-0.2, 0) is 0 Å². The van der Waals surface area contributed by atoms with Crippen molar-refractivity contribution in [2.75, 3.05) is 37.6 Å². The lowest BCUT2D eigenvalue weighted by molar-refractivity contribution is 0.195. The van der Waals surface area contributed by atoms with Crippen LogP contribution in [0.15, 0.2) is 36.9 Å². The van der Waals surface area contributed by atoms with E-state index in [0.29, 0.717) is 12.5 Å². The van der Waals surface area contributed by atoms with E-state index in [9.17, 15) is 4.79 Å². The molecule has 1 fully saturated rings. The van der Waals surface area contributed by atoms with Crippen LogP contribution in [0.2, 0.25) is 0 Å². The number of benzene rings is 1. The summed E-state index contributed by atoms with van der Waals surface area (Å²) in [5.74, 6) is 0.509. The number of nitrogens with one attached hydrogen (secondary N) is 1. The maximum Gasteiger partial charge on any atom is 0.317 e. The Hall–Kier alpha value is -1.97. The first-order valence-corrected chi connectivity index (χ1v) is 7.61. The number of piperazine rings is 1. The van der Waals surface area contributed by atoms with Gasteiger partial charge in [-0.25, -0.2) is 4.79 Å². The highest BCUT2D eigenvalue weighted by atomic mass is 16.2. The molecule has 0 unspecified atom stereocenters. The Morgan fingerprint density at radius 2 is 1.95 bits per heavy atom. The lowest BCUT2D eigenvalue weighted by atomic mass is 10.00. The van der Waals surface area contributed by atoms with Gasteiger partial charge in [0.05, 0.1) is 0 Å². The van der Waals surface area contributed by atoms with Gasteiger partial charge in [0.15, 0.2) is 0 Å². The van der Waals surface area contributed by atoms with Crippen molar-refractivity contribution in [1.82, 2.24) is 10.2 Å². The molecule has 4 nitrogen and oxygen atoms in total. The monoisotopic (exact) mass is 287 g/mol. The third kappa shape index (κ3) is 3.78. The van der Waals surface area contributed by atoms with Gasteiger partial charge < -0.3 is 15.1 Å². The molecule has 1 heterocycles. The van der Waals surface area contributed by atoms with Gasteiger partial charge >= 0.3 is 6.03 Å². The SMILES string of the molecule is C=CCNC(=O)N1CCN(c2ccccc2C(C)C)CC1. The molecule has 2 rings (SSSR count). The fourth-order valence-electron chi connectivity index (χ4n) is 2.69. The van der Waals surface area contributed by atoms with Crippen molar-refractivity contribution >= 4 is 11.7 Å². The Bertz CT molecular complexity index is 491. The Balaban J connectivity index is 1.98. The Morgan fingerprint density at radius 3 is 2.57 bits per heavy atom. The second-order valence-corrected chi connectivity index (χ2v) is 5.66. The first kappa shape index (κ1) is 15.4. The number of amides is 2. The van der Waals surface area contributed by atoms with Gasteiger partial charge in [-0.3, -0.25) is 0 Å². The van der Waals surface area contributed by atoms with Crippen LogP contribution in [0.1, 0.15) is 25.3 Å². The first-order chi connectivity index (χ1) is 10.1. The number of rotatable bonds is 4. The topological polar surface area (TPSA) is 35.6 Å². The highest BCUT2D eigenvalue weighted by Gasteiger charge is 2.22. The molecule has 0 saturated carbocycles. The number of hydrogen-bond donors (Lipinski definition) is 1. The van der Waals surface area contributed by atoms with Gasteiger partial charge in [0, 0.05) is 38.4 Å². The average Bonchev–Trinajstić information content (AvgIpc) is 2.52. The van der Waals surface area contributed by atoms with E-state index in [1.807, 2.05) is 4.90 Å². The average molecular weight is 287 g/mol. The van der Waals surface area contributed by atoms with Crippen LogP contribution in [0, 0.1) is 0 Å². The molecule has 0 aliphatic carbocycles. The number of hydrogen-bond acceptors (Lipinski definition) is 2. The third-order valence-corrected chi connectivity index (χ3v) is 3.86. The Morgan fingerprint density at radius 1 is 1.29 bits per heavy atom. The second kappa shape index (κ2) is 7.16. The van der Waals surface area contributed by atoms with Gasteiger partial charge in [0.25, 0.3) is 0 Å². The smallest absolute Gasteiger partial charge is 0.317 e. The van der Waals surface area contributed by atoms with Gasteiger partial charge in [0.2, 0.25) is 0 Å². The first-order valence-electron chi connectivity index (χ1n) is 7.61. The highest BCUT2D eigenvalue weighted by molar-refractivity contribution is 5.74. The normalized spacial score (nSPS) is 15.2. The van der Waals surface area contributed by atoms with Crippen LogP contribution in [-0.4, -0.2) is 43.7 Å². The molecule has 1 aliphatic heterocycles. The summed E-state index contributed by atoms with van der Waals surface area (Å²) in [5.41, 5.74) is 2.68. The number of carbonyl (C=O) groups excluding carboxylic acids is 1. The second-order valence-electron chi connectivity index (χ2n) is 5.66. The number of carbonyl (C=O) groups is 1. The van der Waals surface area contributed by atoms with Crippen LogP contribution in [0.25, 0.3) is 0 Å². The maximum atomic E-state index is 11.9. The Kier molecular flexibility index (Phi) is 5.26. The molecule has 0 radical (unpaired) electrons. The summed E-state index contributed by atoms with van der Waals surface area (Å²) < 4.78 is 0. The third-order valence-electron chi connectivity index (χ3n) is 3.86. The molecular formula is C17H25N3O. The molecule has 1 aromatic carbocycles. The van der Waals surface area contributed by atoms with E-state index in [1.165, 1.54) is 11.3 Å². The van der Waals surface area contributed by atoms with Crippen LogP contribution in [0.4, 0.5) is 10.5 Å². The minimum atomic E-state index is 0.00620. The Labute approximate surface area is 127 Å². The van der Waals surface area contributed by atoms with E-state index in [1.54, 1.807) is 6.08 Å². The fourth-order valence-corrected chi connectivity index (χ4v) is 2.69. The molecule has 1 aromatic rings. The van der Waals surface area contributed by atoms with Crippen molar-refractivity contribution in [2.24, 2.45) is 0 Å². The number of para-hydroxylation sites is 1. The van der Waals surface area contributed by atoms with Gasteiger partial charge in [-0.1, -0.05) is 38.1 Å². The highest BCUT2D eigenvalue weighted by Crippen LogP contribution is 2.27. The van der Waals surface area contributed by atoms with Crippen LogP contribution in [0.5, 0.6) is 0 Å². The summed E-state index contributed by atoms with van der Waals surface area (Å²) in [5, 5.41) is 2.84. The molecular weight excluding hydrogens is 262 g/mol. The lowest BCUT2D eigenvalue weighted by Crippen LogP contribution is -2.52. The minimum absolute atomic E-state index is 0.00620. The molecule has 0 spiro atoms. The quantitative estimate of drug-likeness (QED) is 0.864. The van der Waals surface area contributed by atoms with Crippen LogP contribution >= 0.6 is 0 Å². The van der Waals surface area contributed by atoms with E-state index in [4.69, 9.17) is 0 Å². The lowest BCUT2D eigenvalue weighted by Gasteiger charge is -2.37. The zero-order chi connectivity index (χ0) is 15.2. The molecule has 1 saturated heterocycles. The number of urea groups is 1. The summed E-state index contributed by atoms with van der Waals surface area (Å²) in [6.07, 6.45) is 1.70. The zero-order valence-corrected chi connectivity index (χ0v) is 13.0. The van der Waals surface area contributed by atoms with Crippen molar-refractivity contribution in [3.63, 3.8) is 0 Å². The summed E-state index contributed by atoms with van der Waals surface area (Å²) in [6.45, 7) is 11.9. The molecule has 114 valence electrons. The number of anilines is 1. The predicted octanol–water partition coefficient (Wildman–Crippen LogP) is 2.83. The van der Waals surface area contributed by atoms with E-state index >= 15 is 0 Å². The molecule has 1 aliphatic rings. The summed E-state index contributed by atoms with van der Waals surface area (Å²) >= 11 is 0. The molecule has 0 atom stereocenters. The van der Waals surface area contributed by atoms with Gasteiger partial charge in [0.1, 0.15) is 0 Å². The molecule has 0 bridgehead atoms. The molecule has 1 N–H and O–H groups in total. The van der Waals surface area contributed by atoms with Crippen molar-refractivity contribution < 1.29 is 4.79 Å². The molecule has 4 heteroatoms. The summed E-state index contributed by atoms with van der Waals surface area (Å²) in [7, 11) is 0. The summed E-state index contributed by atoms with van der Waals surface area (Å²) in [6, 6.07) is 8.57. The van der Waals surface area contributed by atoms with Gasteiger partial charge in [-0.2, -0.15) is 0 Å². The van der Waals surface area contributed by atoms with Crippen LogP contribution < -0.4 is 10.2 Å². The van der Waals surface area contributed by atoms with Crippen molar-refractivity contribution in [1.29, 1.82) is 0 Å². The zero-order valence-electron chi connectivity index (χ0n) is 13.0. The number of nitrogens with zero attached hydrogens (tertiary/aromatic N) is 2. The minimum Gasteiger partial charge on any atom is -0.368 e. The van der Waals surface area contributed by atoms with Crippen molar-refractivity contribution in [3.05, 3.63) is 42.5 Å². The maximum absolute atomic E-state index is 11.9. The van der Waals surface area contributed by atoms with E-state index in [0.717, 1.165) is 26.2 Å². The van der Waals surface area contributed by atoms with E-state index in [2.05, 4.69) is 54.9 Å². The van der Waals surface area contributed by atoms with Gasteiger partial charge in [-0.15, -0.1) is 6.58 Å². The van der Waals surface area contributed by atoms with Gasteiger partial charge in [-0.05, 0) is 17.5 Å². The van der Waals surface area contributed by atoms with Crippen molar-refractivity contribution in [2.45, 2.75) is 19.8 Å². The standard InChI is InChI=1S/C17H25N3O/c1-4-9-18-17(21)20-12-10-19(11-13-20)16-8-6-5-7-15(16)14(2)3/h4-8,14H,1,9-13H2,2-3H3,(H,18,21). The summed E-state index contributed by atoms with van der Waals surface area (Å²) in [4.78, 5) is 16.2. The van der Waals surface area contributed by atoms with E-state index in [-0.39, 0.29) is 6.03 Å². The fraction of sp³-hybridized carbons (Fsp3) is 0.471.